The number of hydrogen-bond acceptors (Lipinski definition) is 3. The minimum absolute atomic E-state index is 0.145. The quantitative estimate of drug-likeness (QED) is 0.521. The van der Waals surface area contributed by atoms with Crippen LogP contribution in [0.1, 0.15) is 31.9 Å². The first kappa shape index (κ1) is 21.1. The van der Waals surface area contributed by atoms with E-state index in [1.54, 1.807) is 14.2 Å². The maximum absolute atomic E-state index is 6.58. The molecule has 0 spiro atoms. The van der Waals surface area contributed by atoms with Gasteiger partial charge in [0.15, 0.2) is 0 Å². The maximum atomic E-state index is 6.58. The molecule has 146 valence electrons. The Morgan fingerprint density at radius 1 is 0.889 bits per heavy atom. The lowest BCUT2D eigenvalue weighted by Crippen LogP contribution is -2.44. The lowest BCUT2D eigenvalue weighted by molar-refractivity contribution is 0.410. The fourth-order valence-electron chi connectivity index (χ4n) is 2.39. The Hall–Kier alpha value is -2.20. The normalized spacial score (nSPS) is 12.3. The Kier molecular flexibility index (Phi) is 6.77. The lowest BCUT2D eigenvalue weighted by atomic mass is 10.1. The second-order valence-electron chi connectivity index (χ2n) is 8.22. The first-order chi connectivity index (χ1) is 12.7. The monoisotopic (exact) mass is 384 g/mol. The van der Waals surface area contributed by atoms with Gasteiger partial charge in [-0.3, -0.25) is 0 Å². The van der Waals surface area contributed by atoms with Crippen LogP contribution in [0.3, 0.4) is 0 Å². The molecule has 0 unspecified atom stereocenters. The summed E-state index contributed by atoms with van der Waals surface area (Å²) in [6.07, 6.45) is 5.10. The van der Waals surface area contributed by atoms with E-state index >= 15 is 0 Å². The van der Waals surface area contributed by atoms with Crippen molar-refractivity contribution in [3.8, 4) is 17.2 Å². The molecule has 2 aromatic carbocycles. The Bertz CT molecular complexity index is 771. The number of hydrogen-bond donors (Lipinski definition) is 0. The highest BCUT2D eigenvalue weighted by Gasteiger charge is 2.39. The highest BCUT2D eigenvalue weighted by atomic mass is 28.4. The molecule has 0 saturated carbocycles. The number of methoxy groups -OCH3 is 2. The van der Waals surface area contributed by atoms with Crippen LogP contribution >= 0.6 is 0 Å². The van der Waals surface area contributed by atoms with Crippen LogP contribution in [0, 0.1) is 0 Å². The van der Waals surface area contributed by atoms with Crippen molar-refractivity contribution >= 4 is 14.4 Å². The van der Waals surface area contributed by atoms with E-state index < -0.39 is 8.32 Å². The van der Waals surface area contributed by atoms with Crippen molar-refractivity contribution in [2.24, 2.45) is 0 Å². The molecule has 0 aromatic heterocycles. The SMILES string of the molecule is COc1ccc(/C=C/Cc2ccc(OC)cc2O[Si](C)(C)C(C)(C)C)cc1. The summed E-state index contributed by atoms with van der Waals surface area (Å²) in [7, 11) is 1.45. The topological polar surface area (TPSA) is 27.7 Å². The molecule has 0 N–H and O–H groups in total. The van der Waals surface area contributed by atoms with Crippen LogP contribution in [-0.2, 0) is 6.42 Å². The van der Waals surface area contributed by atoms with Gasteiger partial charge in [-0.25, -0.2) is 0 Å². The van der Waals surface area contributed by atoms with Gasteiger partial charge in [0.05, 0.1) is 14.2 Å². The van der Waals surface area contributed by atoms with Crippen molar-refractivity contribution in [2.75, 3.05) is 14.2 Å². The van der Waals surface area contributed by atoms with E-state index in [1.807, 2.05) is 24.3 Å². The van der Waals surface area contributed by atoms with E-state index in [4.69, 9.17) is 13.9 Å². The van der Waals surface area contributed by atoms with Gasteiger partial charge in [-0.2, -0.15) is 0 Å². The molecule has 0 radical (unpaired) electrons. The summed E-state index contributed by atoms with van der Waals surface area (Å²) < 4.78 is 17.2. The average molecular weight is 385 g/mol. The zero-order valence-corrected chi connectivity index (χ0v) is 18.6. The van der Waals surface area contributed by atoms with E-state index in [9.17, 15) is 0 Å². The van der Waals surface area contributed by atoms with Crippen molar-refractivity contribution < 1.29 is 13.9 Å². The van der Waals surface area contributed by atoms with Crippen LogP contribution in [0.4, 0.5) is 0 Å². The molecule has 0 saturated heterocycles. The van der Waals surface area contributed by atoms with Crippen molar-refractivity contribution in [3.05, 3.63) is 59.7 Å². The van der Waals surface area contributed by atoms with E-state index in [-0.39, 0.29) is 5.04 Å². The molecule has 0 amide bonds. The van der Waals surface area contributed by atoms with Crippen molar-refractivity contribution in [3.63, 3.8) is 0 Å². The van der Waals surface area contributed by atoms with Gasteiger partial charge in [0.2, 0.25) is 8.32 Å². The third kappa shape index (κ3) is 5.63. The van der Waals surface area contributed by atoms with Crippen LogP contribution in [0.25, 0.3) is 6.08 Å². The molecular weight excluding hydrogens is 352 g/mol. The molecule has 3 nitrogen and oxygen atoms in total. The predicted molar refractivity (Wildman–Crippen MR) is 117 cm³/mol. The molecule has 0 aliphatic heterocycles. The Labute approximate surface area is 165 Å². The molecule has 0 heterocycles. The highest BCUT2D eigenvalue weighted by Crippen LogP contribution is 2.39. The summed E-state index contributed by atoms with van der Waals surface area (Å²) in [6.45, 7) is 11.3. The van der Waals surface area contributed by atoms with Crippen LogP contribution in [0.15, 0.2) is 48.5 Å². The van der Waals surface area contributed by atoms with E-state index in [0.717, 1.165) is 29.2 Å². The summed E-state index contributed by atoms with van der Waals surface area (Å²) in [4.78, 5) is 0. The third-order valence-electron chi connectivity index (χ3n) is 5.21. The van der Waals surface area contributed by atoms with E-state index in [1.165, 1.54) is 5.56 Å². The van der Waals surface area contributed by atoms with Gasteiger partial charge in [0, 0.05) is 6.07 Å². The highest BCUT2D eigenvalue weighted by molar-refractivity contribution is 6.74. The molecular formula is C23H32O3Si. The van der Waals surface area contributed by atoms with E-state index in [2.05, 4.69) is 64.2 Å². The Morgan fingerprint density at radius 2 is 1.48 bits per heavy atom. The van der Waals surface area contributed by atoms with Gasteiger partial charge in [-0.05, 0) is 53.9 Å². The second kappa shape index (κ2) is 8.66. The van der Waals surface area contributed by atoms with Crippen LogP contribution in [0.5, 0.6) is 17.2 Å². The van der Waals surface area contributed by atoms with Crippen LogP contribution in [-0.4, -0.2) is 22.5 Å². The number of allylic oxidation sites excluding steroid dienone is 1. The van der Waals surface area contributed by atoms with Gasteiger partial charge in [0.1, 0.15) is 17.2 Å². The standard InChI is InChI=1S/C23H32O3Si/c1-23(2,3)27(6,7)26-22-17-21(25-5)16-13-19(22)10-8-9-18-11-14-20(24-4)15-12-18/h8-9,11-17H,10H2,1-7H3/b9-8+. The van der Waals surface area contributed by atoms with Gasteiger partial charge >= 0.3 is 0 Å². The summed E-state index contributed by atoms with van der Waals surface area (Å²) in [5.74, 6) is 2.62. The van der Waals surface area contributed by atoms with Crippen LogP contribution in [0.2, 0.25) is 18.1 Å². The molecule has 0 fully saturated rings. The molecule has 2 rings (SSSR count). The Balaban J connectivity index is 2.21. The largest absolute Gasteiger partial charge is 0.543 e. The molecule has 0 bridgehead atoms. The molecule has 0 aliphatic rings. The molecule has 0 aliphatic carbocycles. The fraction of sp³-hybridized carbons (Fsp3) is 0.391. The molecule has 2 aromatic rings. The molecule has 27 heavy (non-hydrogen) atoms. The fourth-order valence-corrected chi connectivity index (χ4v) is 3.44. The summed E-state index contributed by atoms with van der Waals surface area (Å²) >= 11 is 0. The van der Waals surface area contributed by atoms with Crippen molar-refractivity contribution in [1.29, 1.82) is 0 Å². The van der Waals surface area contributed by atoms with Crippen molar-refractivity contribution in [2.45, 2.75) is 45.3 Å². The van der Waals surface area contributed by atoms with Crippen molar-refractivity contribution in [1.82, 2.24) is 0 Å². The van der Waals surface area contributed by atoms with E-state index in [0.29, 0.717) is 0 Å². The Morgan fingerprint density at radius 3 is 2.04 bits per heavy atom. The summed E-state index contributed by atoms with van der Waals surface area (Å²) in [6, 6.07) is 14.1. The van der Waals surface area contributed by atoms with Crippen LogP contribution < -0.4 is 13.9 Å². The minimum Gasteiger partial charge on any atom is -0.543 e. The lowest BCUT2D eigenvalue weighted by Gasteiger charge is -2.37. The van der Waals surface area contributed by atoms with Gasteiger partial charge in [-0.1, -0.05) is 51.1 Å². The minimum atomic E-state index is -1.92. The maximum Gasteiger partial charge on any atom is 0.250 e. The van der Waals surface area contributed by atoms with Gasteiger partial charge in [0.25, 0.3) is 0 Å². The summed E-state index contributed by atoms with van der Waals surface area (Å²) in [5, 5.41) is 0.145. The molecule has 4 heteroatoms. The summed E-state index contributed by atoms with van der Waals surface area (Å²) in [5.41, 5.74) is 2.32. The van der Waals surface area contributed by atoms with Gasteiger partial charge in [-0.15, -0.1) is 0 Å². The first-order valence-corrected chi connectivity index (χ1v) is 12.2. The number of benzene rings is 2. The third-order valence-corrected chi connectivity index (χ3v) is 9.55. The first-order valence-electron chi connectivity index (χ1n) is 9.33. The molecule has 0 atom stereocenters. The zero-order valence-electron chi connectivity index (χ0n) is 17.6. The average Bonchev–Trinajstić information content (AvgIpc) is 2.62. The number of ether oxygens (including phenoxy) is 2. The number of rotatable bonds is 7. The smallest absolute Gasteiger partial charge is 0.250 e. The zero-order chi connectivity index (χ0) is 20.1. The van der Waals surface area contributed by atoms with Gasteiger partial charge < -0.3 is 13.9 Å². The second-order valence-corrected chi connectivity index (χ2v) is 12.9. The predicted octanol–water partition coefficient (Wildman–Crippen LogP) is 6.34.